The maximum atomic E-state index is 14.3. The summed E-state index contributed by atoms with van der Waals surface area (Å²) >= 11 is 0. The van der Waals surface area contributed by atoms with Gasteiger partial charge < -0.3 is 10.5 Å². The molecule has 0 amide bonds. The Bertz CT molecular complexity index is 388. The number of ether oxygens (including phenoxy) is 1. The maximum absolute atomic E-state index is 14.3. The molecule has 0 aromatic heterocycles. The predicted molar refractivity (Wildman–Crippen MR) is 57.6 cm³/mol. The minimum Gasteiger partial charge on any atom is -0.496 e. The second kappa shape index (κ2) is 3.70. The lowest BCUT2D eigenvalue weighted by Crippen LogP contribution is -2.34. The second-order valence-corrected chi connectivity index (χ2v) is 4.26. The maximum Gasteiger partial charge on any atom is 0.283 e. The second-order valence-electron chi connectivity index (χ2n) is 4.26. The normalized spacial score (nSPS) is 18.2. The number of para-hydroxylation sites is 1. The third-order valence-corrected chi connectivity index (χ3v) is 3.36. The van der Waals surface area contributed by atoms with E-state index in [0.29, 0.717) is 12.8 Å². The topological polar surface area (TPSA) is 35.2 Å². The number of methoxy groups -OCH3 is 1. The Morgan fingerprint density at radius 2 is 2.00 bits per heavy atom. The quantitative estimate of drug-likeness (QED) is 0.857. The van der Waals surface area contributed by atoms with Gasteiger partial charge in [-0.2, -0.15) is 0 Å². The highest BCUT2D eigenvalue weighted by Gasteiger charge is 2.62. The van der Waals surface area contributed by atoms with Crippen LogP contribution in [0.2, 0.25) is 0 Å². The molecule has 1 aliphatic rings. The standard InChI is InChI=1S/C12H15F2NO/c1-16-10-5-3-2-4-9(10)12(13,14)11(8-15)6-7-11/h2-5H,6-8,15H2,1H3. The van der Waals surface area contributed by atoms with Gasteiger partial charge in [-0.25, -0.2) is 8.78 Å². The molecule has 0 aliphatic heterocycles. The summed E-state index contributed by atoms with van der Waals surface area (Å²) in [5.41, 5.74) is 4.35. The minimum absolute atomic E-state index is 0.0120. The molecule has 0 radical (unpaired) electrons. The molecule has 0 unspecified atom stereocenters. The van der Waals surface area contributed by atoms with Gasteiger partial charge in [-0.1, -0.05) is 12.1 Å². The van der Waals surface area contributed by atoms with Crippen LogP contribution >= 0.6 is 0 Å². The summed E-state index contributed by atoms with van der Waals surface area (Å²) in [5.74, 6) is -2.68. The number of halogens is 2. The van der Waals surface area contributed by atoms with Gasteiger partial charge in [0.2, 0.25) is 0 Å². The molecule has 4 heteroatoms. The van der Waals surface area contributed by atoms with E-state index in [0.717, 1.165) is 0 Å². The van der Waals surface area contributed by atoms with Crippen molar-refractivity contribution in [2.45, 2.75) is 18.8 Å². The average molecular weight is 227 g/mol. The molecule has 88 valence electrons. The van der Waals surface area contributed by atoms with Crippen molar-refractivity contribution in [3.63, 3.8) is 0 Å². The van der Waals surface area contributed by atoms with E-state index in [4.69, 9.17) is 10.5 Å². The lowest BCUT2D eigenvalue weighted by Gasteiger charge is -2.27. The number of nitrogens with two attached hydrogens (primary N) is 1. The summed E-state index contributed by atoms with van der Waals surface area (Å²) in [5, 5.41) is 0. The molecule has 1 aliphatic carbocycles. The number of rotatable bonds is 4. The molecule has 0 saturated heterocycles. The fourth-order valence-electron chi connectivity index (χ4n) is 1.99. The molecule has 1 fully saturated rings. The largest absolute Gasteiger partial charge is 0.496 e. The Labute approximate surface area is 93.4 Å². The minimum atomic E-state index is -2.91. The highest BCUT2D eigenvalue weighted by Crippen LogP contribution is 2.61. The van der Waals surface area contributed by atoms with Crippen LogP contribution in [0.5, 0.6) is 5.75 Å². The van der Waals surface area contributed by atoms with E-state index in [1.54, 1.807) is 18.2 Å². The zero-order chi connectivity index (χ0) is 11.8. The average Bonchev–Trinajstić information content (AvgIpc) is 3.10. The number of hydrogen-bond acceptors (Lipinski definition) is 2. The molecule has 16 heavy (non-hydrogen) atoms. The zero-order valence-corrected chi connectivity index (χ0v) is 9.17. The first kappa shape index (κ1) is 11.3. The summed E-state index contributed by atoms with van der Waals surface area (Å²) in [4.78, 5) is 0. The third kappa shape index (κ3) is 1.48. The molecule has 2 rings (SSSR count). The predicted octanol–water partition coefficient (Wildman–Crippen LogP) is 2.53. The van der Waals surface area contributed by atoms with Gasteiger partial charge in [-0.15, -0.1) is 0 Å². The third-order valence-electron chi connectivity index (χ3n) is 3.36. The monoisotopic (exact) mass is 227 g/mol. The SMILES string of the molecule is COc1ccccc1C(F)(F)C1(CN)CC1. The smallest absolute Gasteiger partial charge is 0.283 e. The van der Waals surface area contributed by atoms with E-state index >= 15 is 0 Å². The van der Waals surface area contributed by atoms with Crippen molar-refractivity contribution in [3.05, 3.63) is 29.8 Å². The first-order valence-electron chi connectivity index (χ1n) is 5.29. The van der Waals surface area contributed by atoms with Crippen LogP contribution in [-0.2, 0) is 5.92 Å². The summed E-state index contributed by atoms with van der Waals surface area (Å²) < 4.78 is 33.5. The van der Waals surface area contributed by atoms with Gasteiger partial charge in [0, 0.05) is 6.54 Å². The highest BCUT2D eigenvalue weighted by molar-refractivity contribution is 5.39. The summed E-state index contributed by atoms with van der Waals surface area (Å²) in [6, 6.07) is 6.24. The molecular formula is C12H15F2NO. The van der Waals surface area contributed by atoms with Crippen molar-refractivity contribution in [2.75, 3.05) is 13.7 Å². The van der Waals surface area contributed by atoms with Gasteiger partial charge in [0.05, 0.1) is 18.1 Å². The molecule has 1 aromatic carbocycles. The zero-order valence-electron chi connectivity index (χ0n) is 9.17. The van der Waals surface area contributed by atoms with E-state index in [2.05, 4.69) is 0 Å². The Balaban J connectivity index is 2.43. The Morgan fingerprint density at radius 3 is 2.50 bits per heavy atom. The summed E-state index contributed by atoms with van der Waals surface area (Å²) in [7, 11) is 1.40. The van der Waals surface area contributed by atoms with Gasteiger partial charge in [0.25, 0.3) is 5.92 Å². The molecule has 2 nitrogen and oxygen atoms in total. The number of hydrogen-bond donors (Lipinski definition) is 1. The Hall–Kier alpha value is -1.16. The van der Waals surface area contributed by atoms with Crippen LogP contribution in [0.15, 0.2) is 24.3 Å². The van der Waals surface area contributed by atoms with Crippen LogP contribution in [0.25, 0.3) is 0 Å². The van der Waals surface area contributed by atoms with Gasteiger partial charge in [0.15, 0.2) is 0 Å². The molecular weight excluding hydrogens is 212 g/mol. The molecule has 0 heterocycles. The van der Waals surface area contributed by atoms with E-state index in [1.165, 1.54) is 13.2 Å². The van der Waals surface area contributed by atoms with Crippen molar-refractivity contribution < 1.29 is 13.5 Å². The fraction of sp³-hybridized carbons (Fsp3) is 0.500. The van der Waals surface area contributed by atoms with Crippen molar-refractivity contribution >= 4 is 0 Å². The highest BCUT2D eigenvalue weighted by atomic mass is 19.3. The van der Waals surface area contributed by atoms with Crippen LogP contribution in [0.1, 0.15) is 18.4 Å². The molecule has 0 bridgehead atoms. The fourth-order valence-corrected chi connectivity index (χ4v) is 1.99. The van der Waals surface area contributed by atoms with E-state index in [1.807, 2.05) is 0 Å². The van der Waals surface area contributed by atoms with Crippen molar-refractivity contribution in [1.29, 1.82) is 0 Å². The van der Waals surface area contributed by atoms with Crippen LogP contribution in [0.4, 0.5) is 8.78 Å². The first-order chi connectivity index (χ1) is 7.57. The molecule has 1 aromatic rings. The van der Waals surface area contributed by atoms with Crippen LogP contribution < -0.4 is 10.5 Å². The van der Waals surface area contributed by atoms with E-state index in [9.17, 15) is 8.78 Å². The number of benzene rings is 1. The Morgan fingerprint density at radius 1 is 1.38 bits per heavy atom. The Kier molecular flexibility index (Phi) is 2.62. The van der Waals surface area contributed by atoms with Crippen molar-refractivity contribution in [3.8, 4) is 5.75 Å². The summed E-state index contributed by atoms with van der Waals surface area (Å²) in [6.45, 7) is 0.0120. The van der Waals surface area contributed by atoms with Gasteiger partial charge in [-0.3, -0.25) is 0 Å². The molecule has 1 saturated carbocycles. The molecule has 0 spiro atoms. The van der Waals surface area contributed by atoms with Crippen LogP contribution in [-0.4, -0.2) is 13.7 Å². The lowest BCUT2D eigenvalue weighted by atomic mass is 9.91. The van der Waals surface area contributed by atoms with Crippen LogP contribution in [0.3, 0.4) is 0 Å². The summed E-state index contributed by atoms with van der Waals surface area (Å²) in [6.07, 6.45) is 0.961. The van der Waals surface area contributed by atoms with Gasteiger partial charge >= 0.3 is 0 Å². The van der Waals surface area contributed by atoms with Crippen molar-refractivity contribution in [1.82, 2.24) is 0 Å². The van der Waals surface area contributed by atoms with E-state index in [-0.39, 0.29) is 17.9 Å². The molecule has 2 N–H and O–H groups in total. The lowest BCUT2D eigenvalue weighted by molar-refractivity contribution is -0.0777. The van der Waals surface area contributed by atoms with Gasteiger partial charge in [0.1, 0.15) is 5.75 Å². The molecule has 0 atom stereocenters. The first-order valence-corrected chi connectivity index (χ1v) is 5.29. The van der Waals surface area contributed by atoms with Crippen molar-refractivity contribution in [2.24, 2.45) is 11.1 Å². The van der Waals surface area contributed by atoms with Crippen LogP contribution in [0, 0.1) is 5.41 Å². The van der Waals surface area contributed by atoms with E-state index < -0.39 is 11.3 Å². The van der Waals surface area contributed by atoms with Gasteiger partial charge in [-0.05, 0) is 25.0 Å². The number of alkyl halides is 2.